The predicted octanol–water partition coefficient (Wildman–Crippen LogP) is 3.44. The monoisotopic (exact) mass is 212 g/mol. The van der Waals surface area contributed by atoms with E-state index in [4.69, 9.17) is 0 Å². The van der Waals surface area contributed by atoms with Gasteiger partial charge in [-0.25, -0.2) is 0 Å². The maximum atomic E-state index is 11.6. The van der Waals surface area contributed by atoms with Crippen molar-refractivity contribution in [2.24, 2.45) is 5.92 Å². The van der Waals surface area contributed by atoms with Crippen molar-refractivity contribution in [2.45, 2.75) is 50.5 Å². The minimum atomic E-state index is 0.212. The van der Waals surface area contributed by atoms with Gasteiger partial charge in [0.25, 0.3) is 0 Å². The van der Waals surface area contributed by atoms with Crippen LogP contribution in [0.3, 0.4) is 0 Å². The van der Waals surface area contributed by atoms with Crippen LogP contribution in [0.15, 0.2) is 12.2 Å². The molecule has 0 unspecified atom stereocenters. The van der Waals surface area contributed by atoms with Crippen molar-refractivity contribution < 1.29 is 4.79 Å². The fourth-order valence-corrected chi connectivity index (χ4v) is 3.08. The Hall–Kier alpha value is -0.240. The molecule has 1 heterocycles. The van der Waals surface area contributed by atoms with Crippen molar-refractivity contribution >= 4 is 17.5 Å². The molecule has 0 N–H and O–H groups in total. The minimum Gasteiger partial charge on any atom is -0.299 e. The average Bonchev–Trinajstić information content (AvgIpc) is 2.13. The van der Waals surface area contributed by atoms with Crippen LogP contribution < -0.4 is 0 Å². The van der Waals surface area contributed by atoms with Crippen molar-refractivity contribution in [3.8, 4) is 0 Å². The van der Waals surface area contributed by atoms with Gasteiger partial charge in [-0.2, -0.15) is 11.8 Å². The lowest BCUT2D eigenvalue weighted by molar-refractivity contribution is -0.122. The molecule has 0 bridgehead atoms. The van der Waals surface area contributed by atoms with Gasteiger partial charge in [0.1, 0.15) is 5.78 Å². The number of hydrogen-bond donors (Lipinski definition) is 0. The van der Waals surface area contributed by atoms with E-state index in [1.165, 1.54) is 6.42 Å². The van der Waals surface area contributed by atoms with Gasteiger partial charge < -0.3 is 0 Å². The maximum Gasteiger partial charge on any atom is 0.138 e. The SMILES string of the molecule is CCC/C=C/[C@H]1S[C@@H](C)CC(=O)[C@@H]1C. The molecule has 1 aliphatic heterocycles. The summed E-state index contributed by atoms with van der Waals surface area (Å²) < 4.78 is 0. The summed E-state index contributed by atoms with van der Waals surface area (Å²) in [6.45, 7) is 6.38. The van der Waals surface area contributed by atoms with E-state index >= 15 is 0 Å². The molecule has 0 aromatic carbocycles. The summed E-state index contributed by atoms with van der Waals surface area (Å²) in [7, 11) is 0. The van der Waals surface area contributed by atoms with E-state index < -0.39 is 0 Å². The first-order valence-electron chi connectivity index (χ1n) is 5.50. The summed E-state index contributed by atoms with van der Waals surface area (Å²) in [4.78, 5) is 11.6. The quantitative estimate of drug-likeness (QED) is 0.667. The summed E-state index contributed by atoms with van der Waals surface area (Å²) in [5.41, 5.74) is 0. The van der Waals surface area contributed by atoms with Gasteiger partial charge in [-0.1, -0.05) is 39.3 Å². The molecule has 0 amide bonds. The molecule has 0 radical (unpaired) electrons. The van der Waals surface area contributed by atoms with Gasteiger partial charge >= 0.3 is 0 Å². The van der Waals surface area contributed by atoms with Gasteiger partial charge in [0.05, 0.1) is 0 Å². The summed E-state index contributed by atoms with van der Waals surface area (Å²) in [6.07, 6.45) is 7.52. The highest BCUT2D eigenvalue weighted by molar-refractivity contribution is 8.00. The fraction of sp³-hybridized carbons (Fsp3) is 0.750. The Morgan fingerprint density at radius 2 is 2.21 bits per heavy atom. The zero-order valence-corrected chi connectivity index (χ0v) is 10.1. The Balaban J connectivity index is 2.53. The van der Waals surface area contributed by atoms with E-state index in [1.807, 2.05) is 11.8 Å². The zero-order valence-electron chi connectivity index (χ0n) is 9.32. The number of unbranched alkanes of at least 4 members (excludes halogenated alkanes) is 1. The van der Waals surface area contributed by atoms with E-state index in [9.17, 15) is 4.79 Å². The molecule has 0 saturated carbocycles. The van der Waals surface area contributed by atoms with Crippen LogP contribution in [0.4, 0.5) is 0 Å². The molecule has 0 spiro atoms. The van der Waals surface area contributed by atoms with E-state index in [0.29, 0.717) is 16.3 Å². The number of carbonyl (C=O) groups is 1. The standard InChI is InChI=1S/C12H20OS/c1-4-5-6-7-12-10(3)11(13)8-9(2)14-12/h6-7,9-10,12H,4-5,8H2,1-3H3/b7-6+/t9-,10-,12+/m0/s1. The number of carbonyl (C=O) groups excluding carboxylic acids is 1. The van der Waals surface area contributed by atoms with Crippen LogP contribution in [-0.4, -0.2) is 16.3 Å². The minimum absolute atomic E-state index is 0.212. The summed E-state index contributed by atoms with van der Waals surface area (Å²) in [6, 6.07) is 0. The number of allylic oxidation sites excluding steroid dienone is 1. The first-order valence-corrected chi connectivity index (χ1v) is 6.44. The third-order valence-electron chi connectivity index (χ3n) is 2.66. The van der Waals surface area contributed by atoms with Crippen LogP contribution in [0.2, 0.25) is 0 Å². The lowest BCUT2D eigenvalue weighted by atomic mass is 9.97. The van der Waals surface area contributed by atoms with E-state index in [0.717, 1.165) is 12.8 Å². The Morgan fingerprint density at radius 3 is 2.86 bits per heavy atom. The van der Waals surface area contributed by atoms with Crippen LogP contribution in [0.5, 0.6) is 0 Å². The van der Waals surface area contributed by atoms with E-state index in [2.05, 4.69) is 32.9 Å². The summed E-state index contributed by atoms with van der Waals surface area (Å²) in [5, 5.41) is 0.910. The molecular weight excluding hydrogens is 192 g/mol. The predicted molar refractivity (Wildman–Crippen MR) is 63.7 cm³/mol. The molecule has 0 aromatic heterocycles. The normalized spacial score (nSPS) is 33.9. The first-order chi connectivity index (χ1) is 6.65. The first kappa shape index (κ1) is 11.8. The Morgan fingerprint density at radius 1 is 1.50 bits per heavy atom. The molecule has 1 rings (SSSR count). The second-order valence-corrected chi connectivity index (χ2v) is 5.71. The zero-order chi connectivity index (χ0) is 10.6. The number of thioether (sulfide) groups is 1. The highest BCUT2D eigenvalue weighted by Crippen LogP contribution is 2.34. The second kappa shape index (κ2) is 5.59. The van der Waals surface area contributed by atoms with Gasteiger partial charge in [0.2, 0.25) is 0 Å². The number of rotatable bonds is 3. The van der Waals surface area contributed by atoms with Gasteiger partial charge in [-0.3, -0.25) is 4.79 Å². The number of Topliss-reactive ketones (excluding diaryl/α,β-unsaturated/α-hetero) is 1. The summed E-state index contributed by atoms with van der Waals surface area (Å²) >= 11 is 1.94. The van der Waals surface area contributed by atoms with Gasteiger partial charge in [0.15, 0.2) is 0 Å². The highest BCUT2D eigenvalue weighted by atomic mass is 32.2. The Bertz CT molecular complexity index is 222. The smallest absolute Gasteiger partial charge is 0.138 e. The molecule has 1 nitrogen and oxygen atoms in total. The molecule has 1 aliphatic rings. The van der Waals surface area contributed by atoms with Crippen LogP contribution in [0.1, 0.15) is 40.0 Å². The lowest BCUT2D eigenvalue weighted by Gasteiger charge is -2.29. The fourth-order valence-electron chi connectivity index (χ4n) is 1.70. The van der Waals surface area contributed by atoms with Crippen molar-refractivity contribution in [3.05, 3.63) is 12.2 Å². The molecule has 2 heteroatoms. The molecule has 0 aliphatic carbocycles. The molecule has 80 valence electrons. The van der Waals surface area contributed by atoms with Crippen LogP contribution in [-0.2, 0) is 4.79 Å². The largest absolute Gasteiger partial charge is 0.299 e. The molecule has 0 aromatic rings. The second-order valence-electron chi connectivity index (χ2n) is 4.09. The molecule has 3 atom stereocenters. The molecule has 1 saturated heterocycles. The van der Waals surface area contributed by atoms with E-state index in [-0.39, 0.29) is 5.92 Å². The lowest BCUT2D eigenvalue weighted by Crippen LogP contribution is -2.30. The van der Waals surface area contributed by atoms with Crippen molar-refractivity contribution in [1.82, 2.24) is 0 Å². The Labute approximate surface area is 91.3 Å². The van der Waals surface area contributed by atoms with Crippen molar-refractivity contribution in [2.75, 3.05) is 0 Å². The molecular formula is C12H20OS. The van der Waals surface area contributed by atoms with Crippen LogP contribution in [0.25, 0.3) is 0 Å². The van der Waals surface area contributed by atoms with Crippen molar-refractivity contribution in [3.63, 3.8) is 0 Å². The third kappa shape index (κ3) is 3.16. The van der Waals surface area contributed by atoms with Crippen LogP contribution >= 0.6 is 11.8 Å². The van der Waals surface area contributed by atoms with Gasteiger partial charge in [-0.15, -0.1) is 0 Å². The molecule has 1 fully saturated rings. The number of ketones is 1. The van der Waals surface area contributed by atoms with Crippen molar-refractivity contribution in [1.29, 1.82) is 0 Å². The van der Waals surface area contributed by atoms with Gasteiger partial charge in [-0.05, 0) is 6.42 Å². The van der Waals surface area contributed by atoms with E-state index in [1.54, 1.807) is 0 Å². The van der Waals surface area contributed by atoms with Crippen LogP contribution in [0, 0.1) is 5.92 Å². The molecule has 14 heavy (non-hydrogen) atoms. The topological polar surface area (TPSA) is 17.1 Å². The summed E-state index contributed by atoms with van der Waals surface area (Å²) in [5.74, 6) is 0.645. The van der Waals surface area contributed by atoms with Gasteiger partial charge in [0, 0.05) is 22.8 Å². The third-order valence-corrected chi connectivity index (χ3v) is 4.17. The Kier molecular flexibility index (Phi) is 4.73. The maximum absolute atomic E-state index is 11.6. The highest BCUT2D eigenvalue weighted by Gasteiger charge is 2.30. The average molecular weight is 212 g/mol. The number of hydrogen-bond acceptors (Lipinski definition) is 2.